The van der Waals surface area contributed by atoms with E-state index in [1.165, 1.54) is 30.6 Å². The third-order valence-corrected chi connectivity index (χ3v) is 5.30. The number of carbonyl (C=O) groups is 1. The van der Waals surface area contributed by atoms with Gasteiger partial charge in [-0.15, -0.1) is 11.3 Å². The summed E-state index contributed by atoms with van der Waals surface area (Å²) in [7, 11) is 1.35. The number of thiophene rings is 1. The molecule has 0 aliphatic rings. The van der Waals surface area contributed by atoms with Crippen molar-refractivity contribution in [2.24, 2.45) is 0 Å². The largest absolute Gasteiger partial charge is 0.465 e. The molecule has 0 saturated carbocycles. The number of rotatable bonds is 6. The zero-order valence-electron chi connectivity index (χ0n) is 15.4. The van der Waals surface area contributed by atoms with Crippen molar-refractivity contribution in [1.82, 2.24) is 9.78 Å². The fraction of sp³-hybridized carbons (Fsp3) is 0.211. The van der Waals surface area contributed by atoms with Gasteiger partial charge in [0.25, 0.3) is 0 Å². The van der Waals surface area contributed by atoms with Crippen molar-refractivity contribution in [3.8, 4) is 0 Å². The highest BCUT2D eigenvalue weighted by Crippen LogP contribution is 2.29. The minimum atomic E-state index is -0.412. The van der Waals surface area contributed by atoms with Gasteiger partial charge in [-0.05, 0) is 42.4 Å². The predicted octanol–water partition coefficient (Wildman–Crippen LogP) is 4.29. The number of aryl methyl sites for hydroxylation is 1. The number of hydrogen-bond donors (Lipinski definition) is 2. The summed E-state index contributed by atoms with van der Waals surface area (Å²) in [5.41, 5.74) is 1.39. The Labute approximate surface area is 171 Å². The lowest BCUT2D eigenvalue weighted by Crippen LogP contribution is -2.20. The second kappa shape index (κ2) is 8.94. The Hall–Kier alpha value is -2.78. The van der Waals surface area contributed by atoms with Gasteiger partial charge in [-0.1, -0.05) is 19.1 Å². The van der Waals surface area contributed by atoms with E-state index < -0.39 is 5.97 Å². The molecule has 0 unspecified atom stereocenters. The van der Waals surface area contributed by atoms with Crippen LogP contribution in [0, 0.1) is 5.82 Å². The second-order valence-corrected chi connectivity index (χ2v) is 7.45. The molecule has 3 rings (SSSR count). The Morgan fingerprint density at radius 1 is 1.29 bits per heavy atom. The van der Waals surface area contributed by atoms with E-state index in [0.29, 0.717) is 28.0 Å². The van der Waals surface area contributed by atoms with E-state index in [1.54, 1.807) is 35.1 Å². The minimum Gasteiger partial charge on any atom is -0.465 e. The number of halogens is 1. The summed E-state index contributed by atoms with van der Waals surface area (Å²) in [6.07, 6.45) is 2.61. The number of aromatic nitrogens is 2. The van der Waals surface area contributed by atoms with Gasteiger partial charge in [-0.25, -0.2) is 9.18 Å². The normalized spacial score (nSPS) is 10.5. The van der Waals surface area contributed by atoms with Gasteiger partial charge in [0.15, 0.2) is 10.9 Å². The van der Waals surface area contributed by atoms with Crippen molar-refractivity contribution < 1.29 is 13.9 Å². The van der Waals surface area contributed by atoms with Crippen LogP contribution in [0.25, 0.3) is 0 Å². The molecule has 0 spiro atoms. The Kier molecular flexibility index (Phi) is 6.37. The maximum atomic E-state index is 13.0. The Morgan fingerprint density at radius 2 is 2.04 bits per heavy atom. The SMILES string of the molecule is CCc1cc(C(=O)OC)c(NC(=S)Nc2ccn(Cc3ccc(F)cc3)n2)s1. The maximum absolute atomic E-state index is 13.0. The van der Waals surface area contributed by atoms with Crippen molar-refractivity contribution >= 4 is 45.5 Å². The molecular weight excluding hydrogens is 399 g/mol. The molecule has 0 fully saturated rings. The van der Waals surface area contributed by atoms with Crippen LogP contribution in [0.2, 0.25) is 0 Å². The van der Waals surface area contributed by atoms with Crippen LogP contribution in [0.3, 0.4) is 0 Å². The first-order valence-corrected chi connectivity index (χ1v) is 9.78. The second-order valence-electron chi connectivity index (χ2n) is 5.90. The van der Waals surface area contributed by atoms with Crippen molar-refractivity contribution in [3.63, 3.8) is 0 Å². The number of ether oxygens (including phenoxy) is 1. The molecule has 1 aromatic carbocycles. The van der Waals surface area contributed by atoms with E-state index in [0.717, 1.165) is 16.9 Å². The van der Waals surface area contributed by atoms with E-state index in [2.05, 4.69) is 15.7 Å². The number of esters is 1. The summed E-state index contributed by atoms with van der Waals surface area (Å²) in [6, 6.07) is 9.85. The van der Waals surface area contributed by atoms with Crippen LogP contribution in [0.5, 0.6) is 0 Å². The highest BCUT2D eigenvalue weighted by atomic mass is 32.1. The van der Waals surface area contributed by atoms with Gasteiger partial charge >= 0.3 is 5.97 Å². The third-order valence-electron chi connectivity index (χ3n) is 3.90. The van der Waals surface area contributed by atoms with E-state index in [1.807, 2.05) is 6.92 Å². The summed E-state index contributed by atoms with van der Waals surface area (Å²) in [6.45, 7) is 2.53. The van der Waals surface area contributed by atoms with Crippen molar-refractivity contribution in [2.75, 3.05) is 17.7 Å². The van der Waals surface area contributed by atoms with E-state index in [9.17, 15) is 9.18 Å². The number of anilines is 2. The molecule has 0 aliphatic heterocycles. The molecular formula is C19H19FN4O2S2. The van der Waals surface area contributed by atoms with E-state index in [-0.39, 0.29) is 5.82 Å². The molecule has 146 valence electrons. The van der Waals surface area contributed by atoms with Gasteiger partial charge in [-0.3, -0.25) is 4.68 Å². The Morgan fingerprint density at radius 3 is 2.71 bits per heavy atom. The van der Waals surface area contributed by atoms with Crippen molar-refractivity contribution in [2.45, 2.75) is 19.9 Å². The molecule has 2 N–H and O–H groups in total. The Balaban J connectivity index is 1.64. The summed E-state index contributed by atoms with van der Waals surface area (Å²) in [5.74, 6) is -0.120. The van der Waals surface area contributed by atoms with E-state index in [4.69, 9.17) is 17.0 Å². The average Bonchev–Trinajstić information content (AvgIpc) is 3.29. The molecule has 0 atom stereocenters. The zero-order chi connectivity index (χ0) is 20.1. The zero-order valence-corrected chi connectivity index (χ0v) is 17.0. The van der Waals surface area contributed by atoms with Gasteiger partial charge in [0.2, 0.25) is 0 Å². The van der Waals surface area contributed by atoms with Gasteiger partial charge in [0.05, 0.1) is 19.2 Å². The van der Waals surface area contributed by atoms with Crippen LogP contribution in [-0.4, -0.2) is 28.0 Å². The van der Waals surface area contributed by atoms with Crippen LogP contribution in [0.1, 0.15) is 27.7 Å². The number of nitrogens with zero attached hydrogens (tertiary/aromatic N) is 2. The number of benzene rings is 1. The number of hydrogen-bond acceptors (Lipinski definition) is 5. The molecule has 0 radical (unpaired) electrons. The molecule has 9 heteroatoms. The van der Waals surface area contributed by atoms with Gasteiger partial charge in [0.1, 0.15) is 10.8 Å². The lowest BCUT2D eigenvalue weighted by Gasteiger charge is -2.08. The molecule has 0 aliphatic carbocycles. The molecule has 6 nitrogen and oxygen atoms in total. The molecule has 0 amide bonds. The van der Waals surface area contributed by atoms with Crippen molar-refractivity contribution in [3.05, 3.63) is 64.4 Å². The van der Waals surface area contributed by atoms with Crippen LogP contribution >= 0.6 is 23.6 Å². The highest BCUT2D eigenvalue weighted by molar-refractivity contribution is 7.80. The molecule has 2 heterocycles. The number of nitrogens with one attached hydrogen (secondary N) is 2. The summed E-state index contributed by atoms with van der Waals surface area (Å²) < 4.78 is 19.5. The van der Waals surface area contributed by atoms with Crippen molar-refractivity contribution in [1.29, 1.82) is 0 Å². The summed E-state index contributed by atoms with van der Waals surface area (Å²) in [4.78, 5) is 13.0. The number of methoxy groups -OCH3 is 1. The smallest absolute Gasteiger partial charge is 0.340 e. The highest BCUT2D eigenvalue weighted by Gasteiger charge is 2.17. The molecule has 2 aromatic heterocycles. The van der Waals surface area contributed by atoms with Crippen LogP contribution < -0.4 is 10.6 Å². The van der Waals surface area contributed by atoms with Crippen LogP contribution in [0.4, 0.5) is 15.2 Å². The third kappa shape index (κ3) is 4.93. The molecule has 28 heavy (non-hydrogen) atoms. The predicted molar refractivity (Wildman–Crippen MR) is 113 cm³/mol. The summed E-state index contributed by atoms with van der Waals surface area (Å²) in [5, 5.41) is 11.4. The van der Waals surface area contributed by atoms with Gasteiger partial charge in [0, 0.05) is 17.1 Å². The van der Waals surface area contributed by atoms with Gasteiger partial charge in [-0.2, -0.15) is 5.10 Å². The molecule has 0 saturated heterocycles. The Bertz CT molecular complexity index is 982. The standard InChI is InChI=1S/C19H19FN4O2S2/c1-3-14-10-15(18(25)26-2)17(28-14)22-19(27)21-16-8-9-24(23-16)11-12-4-6-13(20)7-5-12/h4-10H,3,11H2,1-2H3,(H2,21,22,23,27). The summed E-state index contributed by atoms with van der Waals surface area (Å²) >= 11 is 6.80. The number of carbonyl (C=O) groups excluding carboxylic acids is 1. The first-order chi connectivity index (χ1) is 13.5. The van der Waals surface area contributed by atoms with Gasteiger partial charge < -0.3 is 15.4 Å². The fourth-order valence-corrected chi connectivity index (χ4v) is 3.77. The monoisotopic (exact) mass is 418 g/mol. The lowest BCUT2D eigenvalue weighted by molar-refractivity contribution is 0.0602. The molecule has 0 bridgehead atoms. The topological polar surface area (TPSA) is 68.2 Å². The maximum Gasteiger partial charge on any atom is 0.340 e. The van der Waals surface area contributed by atoms with Crippen LogP contribution in [0.15, 0.2) is 42.6 Å². The van der Waals surface area contributed by atoms with Crippen LogP contribution in [-0.2, 0) is 17.7 Å². The molecule has 3 aromatic rings. The first-order valence-electron chi connectivity index (χ1n) is 8.55. The quantitative estimate of drug-likeness (QED) is 0.460. The first kappa shape index (κ1) is 20.0. The lowest BCUT2D eigenvalue weighted by atomic mass is 10.2. The minimum absolute atomic E-state index is 0.269. The number of thiocarbonyl (C=S) groups is 1. The fourth-order valence-electron chi connectivity index (χ4n) is 2.51. The average molecular weight is 419 g/mol. The van der Waals surface area contributed by atoms with E-state index >= 15 is 0 Å².